The molecule has 0 bridgehead atoms. The average Bonchev–Trinajstić information content (AvgIpc) is 2.11. The molecule has 1 aliphatic heterocycles. The van der Waals surface area contributed by atoms with Gasteiger partial charge in [-0.15, -0.1) is 0 Å². The molecule has 100 valence electrons. The second kappa shape index (κ2) is 4.44. The number of hydrogen-bond acceptors (Lipinski definition) is 5. The SMILES string of the molecule is CC(C)(C)OC(=O)N1C[C@@H](O)[C@](C)(N)[C@@H](O)C1. The Balaban J connectivity index is 2.68. The van der Waals surface area contributed by atoms with E-state index in [4.69, 9.17) is 10.5 Å². The number of aliphatic hydroxyl groups excluding tert-OH is 2. The molecule has 0 spiro atoms. The Morgan fingerprint density at radius 2 is 1.76 bits per heavy atom. The fourth-order valence-electron chi connectivity index (χ4n) is 1.58. The van der Waals surface area contributed by atoms with Crippen LogP contribution in [0.5, 0.6) is 0 Å². The minimum Gasteiger partial charge on any atom is -0.444 e. The fraction of sp³-hybridized carbons (Fsp3) is 0.909. The van der Waals surface area contributed by atoms with Gasteiger partial charge in [0.15, 0.2) is 0 Å². The van der Waals surface area contributed by atoms with Gasteiger partial charge in [-0.1, -0.05) is 0 Å². The average molecular weight is 246 g/mol. The highest BCUT2D eigenvalue weighted by molar-refractivity contribution is 5.68. The Hall–Kier alpha value is -0.850. The Labute approximate surface area is 101 Å². The van der Waals surface area contributed by atoms with E-state index >= 15 is 0 Å². The van der Waals surface area contributed by atoms with Gasteiger partial charge in [-0.2, -0.15) is 0 Å². The van der Waals surface area contributed by atoms with Gasteiger partial charge in [0.2, 0.25) is 0 Å². The summed E-state index contributed by atoms with van der Waals surface area (Å²) in [5.41, 5.74) is 4.08. The number of carbonyl (C=O) groups excluding carboxylic acids is 1. The molecule has 0 aromatic rings. The largest absolute Gasteiger partial charge is 0.444 e. The molecular weight excluding hydrogens is 224 g/mol. The van der Waals surface area contributed by atoms with Crippen molar-refractivity contribution in [2.24, 2.45) is 5.73 Å². The van der Waals surface area contributed by atoms with Gasteiger partial charge in [0.25, 0.3) is 0 Å². The first-order valence-electron chi connectivity index (χ1n) is 5.67. The standard InChI is InChI=1S/C11H22N2O4/c1-10(2,3)17-9(16)13-5-7(14)11(4,12)8(15)6-13/h7-8,14-15H,5-6,12H2,1-4H3/t7-,8+,11+. The zero-order valence-corrected chi connectivity index (χ0v) is 10.8. The van der Waals surface area contributed by atoms with Crippen molar-refractivity contribution in [3.63, 3.8) is 0 Å². The van der Waals surface area contributed by atoms with Gasteiger partial charge in [0.1, 0.15) is 5.60 Å². The fourth-order valence-corrected chi connectivity index (χ4v) is 1.58. The first-order valence-corrected chi connectivity index (χ1v) is 5.67. The first-order chi connectivity index (χ1) is 7.54. The van der Waals surface area contributed by atoms with Crippen molar-refractivity contribution in [1.82, 2.24) is 4.90 Å². The van der Waals surface area contributed by atoms with Crippen molar-refractivity contribution in [2.45, 2.75) is 51.0 Å². The number of nitrogens with zero attached hydrogens (tertiary/aromatic N) is 1. The molecule has 0 aliphatic carbocycles. The lowest BCUT2D eigenvalue weighted by atomic mass is 9.85. The molecule has 0 aromatic carbocycles. The lowest BCUT2D eigenvalue weighted by molar-refractivity contribution is -0.0736. The zero-order chi connectivity index (χ0) is 13.4. The summed E-state index contributed by atoms with van der Waals surface area (Å²) in [4.78, 5) is 13.0. The third kappa shape index (κ3) is 3.31. The van der Waals surface area contributed by atoms with Crippen molar-refractivity contribution in [3.05, 3.63) is 0 Å². The topological polar surface area (TPSA) is 96.0 Å². The normalized spacial score (nSPS) is 34.6. The summed E-state index contributed by atoms with van der Waals surface area (Å²) in [5.74, 6) is 0. The van der Waals surface area contributed by atoms with Gasteiger partial charge in [0, 0.05) is 0 Å². The van der Waals surface area contributed by atoms with Crippen molar-refractivity contribution in [2.75, 3.05) is 13.1 Å². The first kappa shape index (κ1) is 14.2. The number of amides is 1. The van der Waals surface area contributed by atoms with Crippen molar-refractivity contribution < 1.29 is 19.7 Å². The van der Waals surface area contributed by atoms with Crippen LogP contribution in [0.3, 0.4) is 0 Å². The molecule has 6 heteroatoms. The van der Waals surface area contributed by atoms with E-state index < -0.39 is 29.4 Å². The molecule has 0 saturated carbocycles. The predicted molar refractivity (Wildman–Crippen MR) is 62.4 cm³/mol. The van der Waals surface area contributed by atoms with Gasteiger partial charge in [-0.3, -0.25) is 0 Å². The lowest BCUT2D eigenvalue weighted by Crippen LogP contribution is -2.68. The maximum Gasteiger partial charge on any atom is 0.410 e. The maximum absolute atomic E-state index is 11.8. The van der Waals surface area contributed by atoms with Gasteiger partial charge in [-0.25, -0.2) is 4.79 Å². The molecule has 0 radical (unpaired) electrons. The molecule has 1 amide bonds. The van der Waals surface area contributed by atoms with Crippen LogP contribution in [0.2, 0.25) is 0 Å². The van der Waals surface area contributed by atoms with Crippen LogP contribution >= 0.6 is 0 Å². The highest BCUT2D eigenvalue weighted by atomic mass is 16.6. The third-order valence-corrected chi connectivity index (χ3v) is 2.87. The number of piperidine rings is 1. The van der Waals surface area contributed by atoms with Crippen molar-refractivity contribution in [1.29, 1.82) is 0 Å². The maximum atomic E-state index is 11.8. The second-order valence-electron chi connectivity index (χ2n) is 5.78. The number of ether oxygens (including phenoxy) is 1. The summed E-state index contributed by atoms with van der Waals surface area (Å²) in [6.07, 6.45) is -2.50. The summed E-state index contributed by atoms with van der Waals surface area (Å²) in [6.45, 7) is 6.98. The van der Waals surface area contributed by atoms with Gasteiger partial charge >= 0.3 is 6.09 Å². The number of nitrogens with two attached hydrogens (primary N) is 1. The van der Waals surface area contributed by atoms with Crippen LogP contribution in [0.1, 0.15) is 27.7 Å². The molecule has 1 heterocycles. The smallest absolute Gasteiger partial charge is 0.410 e. The van der Waals surface area contributed by atoms with E-state index in [0.717, 1.165) is 0 Å². The molecule has 1 rings (SSSR count). The van der Waals surface area contributed by atoms with E-state index in [9.17, 15) is 15.0 Å². The molecule has 3 atom stereocenters. The number of rotatable bonds is 0. The summed E-state index contributed by atoms with van der Waals surface area (Å²) in [6, 6.07) is 0. The summed E-state index contributed by atoms with van der Waals surface area (Å²) >= 11 is 0. The van der Waals surface area contributed by atoms with Crippen molar-refractivity contribution >= 4 is 6.09 Å². The Morgan fingerprint density at radius 3 is 2.12 bits per heavy atom. The summed E-state index contributed by atoms with van der Waals surface area (Å²) < 4.78 is 5.17. The molecular formula is C11H22N2O4. The summed E-state index contributed by atoms with van der Waals surface area (Å²) in [5, 5.41) is 19.6. The monoisotopic (exact) mass is 246 g/mol. The van der Waals surface area contributed by atoms with E-state index in [0.29, 0.717) is 0 Å². The van der Waals surface area contributed by atoms with Crippen LogP contribution < -0.4 is 5.73 Å². The Bertz CT molecular complexity index is 284. The molecule has 6 nitrogen and oxygen atoms in total. The van der Waals surface area contributed by atoms with Crippen LogP contribution in [-0.2, 0) is 4.74 Å². The molecule has 4 N–H and O–H groups in total. The minimum atomic E-state index is -1.10. The molecule has 1 saturated heterocycles. The van der Waals surface area contributed by atoms with Crippen LogP contribution in [0.15, 0.2) is 0 Å². The predicted octanol–water partition coefficient (Wildman–Crippen LogP) is -0.324. The number of likely N-dealkylation sites (tertiary alicyclic amines) is 1. The Kier molecular flexibility index (Phi) is 3.71. The van der Waals surface area contributed by atoms with E-state index in [1.165, 1.54) is 4.90 Å². The van der Waals surface area contributed by atoms with Crippen LogP contribution in [0.4, 0.5) is 4.79 Å². The second-order valence-corrected chi connectivity index (χ2v) is 5.78. The van der Waals surface area contributed by atoms with E-state index in [2.05, 4.69) is 0 Å². The highest BCUT2D eigenvalue weighted by Gasteiger charge is 2.44. The number of β-amino-alcohol motifs (C(OH)–C–C–N with tert-alkyl or cyclic N) is 2. The molecule has 1 fully saturated rings. The number of carbonyl (C=O) groups is 1. The van der Waals surface area contributed by atoms with Gasteiger partial charge < -0.3 is 25.6 Å². The third-order valence-electron chi connectivity index (χ3n) is 2.87. The van der Waals surface area contributed by atoms with Gasteiger partial charge in [0.05, 0.1) is 30.8 Å². The van der Waals surface area contributed by atoms with Crippen LogP contribution in [0, 0.1) is 0 Å². The van der Waals surface area contributed by atoms with Gasteiger partial charge in [-0.05, 0) is 27.7 Å². The minimum absolute atomic E-state index is 0.0684. The summed E-state index contributed by atoms with van der Waals surface area (Å²) in [7, 11) is 0. The Morgan fingerprint density at radius 1 is 1.35 bits per heavy atom. The molecule has 0 unspecified atom stereocenters. The lowest BCUT2D eigenvalue weighted by Gasteiger charge is -2.44. The quantitative estimate of drug-likeness (QED) is 0.544. The number of aliphatic hydroxyl groups is 2. The van der Waals surface area contributed by atoms with E-state index in [1.54, 1.807) is 27.7 Å². The van der Waals surface area contributed by atoms with E-state index in [1.807, 2.05) is 0 Å². The van der Waals surface area contributed by atoms with Crippen LogP contribution in [-0.4, -0.2) is 57.6 Å². The number of hydrogen-bond donors (Lipinski definition) is 3. The zero-order valence-electron chi connectivity index (χ0n) is 10.8. The van der Waals surface area contributed by atoms with Crippen molar-refractivity contribution in [3.8, 4) is 0 Å². The molecule has 17 heavy (non-hydrogen) atoms. The highest BCUT2D eigenvalue weighted by Crippen LogP contribution is 2.22. The molecule has 0 aromatic heterocycles. The molecule has 1 aliphatic rings. The van der Waals surface area contributed by atoms with E-state index in [-0.39, 0.29) is 13.1 Å². The van der Waals surface area contributed by atoms with Crippen LogP contribution in [0.25, 0.3) is 0 Å².